The summed E-state index contributed by atoms with van der Waals surface area (Å²) in [5, 5.41) is 0. The van der Waals surface area contributed by atoms with Gasteiger partial charge in [0.05, 0.1) is 0 Å². The fourth-order valence-corrected chi connectivity index (χ4v) is 2.36. The van der Waals surface area contributed by atoms with E-state index < -0.39 is 0 Å². The molecule has 1 heterocycles. The molecule has 0 saturated carbocycles. The molecule has 1 aliphatic rings. The number of nitrogens with zero attached hydrogens (tertiary/aromatic N) is 1. The fourth-order valence-electron chi connectivity index (χ4n) is 2.36. The van der Waals surface area contributed by atoms with Crippen molar-refractivity contribution in [3.05, 3.63) is 72.3 Å². The largest absolute Gasteiger partial charge is 0.473 e. The number of hydrogen-bond donors (Lipinski definition) is 0. The van der Waals surface area contributed by atoms with Gasteiger partial charge in [-0.15, -0.1) is 6.58 Å². The summed E-state index contributed by atoms with van der Waals surface area (Å²) in [4.78, 5) is 2.23. The molecular formula is C17H17NO. The molecule has 0 bridgehead atoms. The van der Waals surface area contributed by atoms with Crippen LogP contribution in [-0.4, -0.2) is 6.73 Å². The van der Waals surface area contributed by atoms with Gasteiger partial charge < -0.3 is 9.64 Å². The van der Waals surface area contributed by atoms with Crippen molar-refractivity contribution in [1.29, 1.82) is 0 Å². The molecular weight excluding hydrogens is 234 g/mol. The van der Waals surface area contributed by atoms with Crippen molar-refractivity contribution in [2.24, 2.45) is 0 Å². The van der Waals surface area contributed by atoms with Crippen LogP contribution in [0.15, 0.2) is 61.2 Å². The second kappa shape index (κ2) is 5.19. The van der Waals surface area contributed by atoms with Crippen LogP contribution in [0.5, 0.6) is 5.75 Å². The lowest BCUT2D eigenvalue weighted by molar-refractivity contribution is 0.289. The van der Waals surface area contributed by atoms with Crippen LogP contribution < -0.4 is 9.64 Å². The van der Waals surface area contributed by atoms with Crippen molar-refractivity contribution < 1.29 is 4.74 Å². The molecule has 2 heteroatoms. The first-order valence-corrected chi connectivity index (χ1v) is 6.52. The van der Waals surface area contributed by atoms with Crippen molar-refractivity contribution in [1.82, 2.24) is 0 Å². The lowest BCUT2D eigenvalue weighted by Crippen LogP contribution is -2.31. The third-order valence-corrected chi connectivity index (χ3v) is 3.37. The summed E-state index contributed by atoms with van der Waals surface area (Å²) in [6, 6.07) is 16.8. The van der Waals surface area contributed by atoms with E-state index in [-0.39, 0.29) is 0 Å². The van der Waals surface area contributed by atoms with Crippen molar-refractivity contribution in [2.45, 2.75) is 13.0 Å². The number of anilines is 1. The maximum atomic E-state index is 5.87. The van der Waals surface area contributed by atoms with E-state index in [4.69, 9.17) is 4.74 Å². The number of hydrogen-bond acceptors (Lipinski definition) is 2. The van der Waals surface area contributed by atoms with Crippen LogP contribution in [-0.2, 0) is 13.0 Å². The van der Waals surface area contributed by atoms with Crippen LogP contribution in [0.3, 0.4) is 0 Å². The molecule has 96 valence electrons. The summed E-state index contributed by atoms with van der Waals surface area (Å²) in [6.45, 7) is 5.27. The summed E-state index contributed by atoms with van der Waals surface area (Å²) in [5.74, 6) is 1.01. The van der Waals surface area contributed by atoms with Gasteiger partial charge in [-0.1, -0.05) is 36.4 Å². The van der Waals surface area contributed by atoms with E-state index in [1.165, 1.54) is 16.8 Å². The first-order chi connectivity index (χ1) is 9.36. The molecule has 3 rings (SSSR count). The van der Waals surface area contributed by atoms with E-state index in [0.717, 1.165) is 18.7 Å². The first-order valence-electron chi connectivity index (χ1n) is 6.52. The molecule has 0 fully saturated rings. The molecule has 0 atom stereocenters. The summed E-state index contributed by atoms with van der Waals surface area (Å²) in [5.41, 5.74) is 3.69. The van der Waals surface area contributed by atoms with Crippen LogP contribution in [0, 0.1) is 0 Å². The zero-order valence-electron chi connectivity index (χ0n) is 10.9. The number of rotatable bonds is 3. The summed E-state index contributed by atoms with van der Waals surface area (Å²) in [7, 11) is 0. The summed E-state index contributed by atoms with van der Waals surface area (Å²) >= 11 is 0. The van der Waals surface area contributed by atoms with Gasteiger partial charge in [-0.2, -0.15) is 0 Å². The van der Waals surface area contributed by atoms with Crippen molar-refractivity contribution in [3.63, 3.8) is 0 Å². The van der Waals surface area contributed by atoms with E-state index in [2.05, 4.69) is 53.9 Å². The van der Waals surface area contributed by atoms with Gasteiger partial charge in [0.15, 0.2) is 6.73 Å². The highest BCUT2D eigenvalue weighted by atomic mass is 16.5. The first kappa shape index (κ1) is 11.8. The normalized spacial score (nSPS) is 13.6. The number of para-hydroxylation sites is 1. The van der Waals surface area contributed by atoms with Gasteiger partial charge in [0.1, 0.15) is 5.75 Å². The van der Waals surface area contributed by atoms with Crippen LogP contribution in [0.4, 0.5) is 5.69 Å². The molecule has 0 unspecified atom stereocenters. The molecule has 19 heavy (non-hydrogen) atoms. The van der Waals surface area contributed by atoms with E-state index in [1.807, 2.05) is 12.1 Å². The Hall–Kier alpha value is -2.22. The lowest BCUT2D eigenvalue weighted by Gasteiger charge is -2.31. The second-order valence-corrected chi connectivity index (χ2v) is 4.74. The molecule has 1 aliphatic heterocycles. The standard InChI is InChI=1S/C17H17NO/c1-2-6-14-9-10-15-12-18(13-19-17(15)11-14)16-7-4-3-5-8-16/h2-5,7-11H,1,6,12-13H2. The average Bonchev–Trinajstić information content (AvgIpc) is 2.48. The molecule has 0 N–H and O–H groups in total. The minimum absolute atomic E-state index is 0.606. The Morgan fingerprint density at radius 2 is 2.00 bits per heavy atom. The number of ether oxygens (including phenoxy) is 1. The smallest absolute Gasteiger partial charge is 0.161 e. The molecule has 0 saturated heterocycles. The predicted molar refractivity (Wildman–Crippen MR) is 78.5 cm³/mol. The molecule has 0 amide bonds. The van der Waals surface area contributed by atoms with E-state index >= 15 is 0 Å². The molecule has 2 nitrogen and oxygen atoms in total. The average molecular weight is 251 g/mol. The molecule has 2 aromatic carbocycles. The van der Waals surface area contributed by atoms with Crippen molar-refractivity contribution >= 4 is 5.69 Å². The quantitative estimate of drug-likeness (QED) is 0.770. The van der Waals surface area contributed by atoms with Gasteiger partial charge in [0, 0.05) is 17.8 Å². The number of fused-ring (bicyclic) bond motifs is 1. The van der Waals surface area contributed by atoms with Gasteiger partial charge in [0.25, 0.3) is 0 Å². The maximum absolute atomic E-state index is 5.87. The molecule has 2 aromatic rings. The highest BCUT2D eigenvalue weighted by molar-refractivity contribution is 5.50. The minimum atomic E-state index is 0.606. The predicted octanol–water partition coefficient (Wildman–Crippen LogP) is 3.77. The highest BCUT2D eigenvalue weighted by Gasteiger charge is 2.17. The topological polar surface area (TPSA) is 12.5 Å². The number of benzene rings is 2. The Kier molecular flexibility index (Phi) is 3.23. The van der Waals surface area contributed by atoms with Gasteiger partial charge in [-0.3, -0.25) is 0 Å². The van der Waals surface area contributed by atoms with Crippen LogP contribution in [0.1, 0.15) is 11.1 Å². The van der Waals surface area contributed by atoms with Gasteiger partial charge in [0.2, 0.25) is 0 Å². The summed E-state index contributed by atoms with van der Waals surface area (Å²) < 4.78 is 5.87. The summed E-state index contributed by atoms with van der Waals surface area (Å²) in [6.07, 6.45) is 2.81. The van der Waals surface area contributed by atoms with Gasteiger partial charge in [-0.25, -0.2) is 0 Å². The van der Waals surface area contributed by atoms with Gasteiger partial charge in [-0.05, 0) is 30.2 Å². The van der Waals surface area contributed by atoms with Crippen LogP contribution >= 0.6 is 0 Å². The third-order valence-electron chi connectivity index (χ3n) is 3.37. The maximum Gasteiger partial charge on any atom is 0.161 e. The fraction of sp³-hybridized carbons (Fsp3) is 0.176. The Labute approximate surface area is 113 Å². The zero-order chi connectivity index (χ0) is 13.1. The zero-order valence-corrected chi connectivity index (χ0v) is 10.9. The van der Waals surface area contributed by atoms with E-state index in [9.17, 15) is 0 Å². The molecule has 0 radical (unpaired) electrons. The molecule has 0 aliphatic carbocycles. The Morgan fingerprint density at radius 3 is 2.79 bits per heavy atom. The SMILES string of the molecule is C=CCc1ccc2c(c1)OCN(c1ccccc1)C2. The van der Waals surface area contributed by atoms with Gasteiger partial charge >= 0.3 is 0 Å². The van der Waals surface area contributed by atoms with E-state index in [1.54, 1.807) is 0 Å². The third kappa shape index (κ3) is 2.48. The monoisotopic (exact) mass is 251 g/mol. The highest BCUT2D eigenvalue weighted by Crippen LogP contribution is 2.29. The van der Waals surface area contributed by atoms with Crippen LogP contribution in [0.2, 0.25) is 0 Å². The van der Waals surface area contributed by atoms with Crippen LogP contribution in [0.25, 0.3) is 0 Å². The van der Waals surface area contributed by atoms with Crippen molar-refractivity contribution in [2.75, 3.05) is 11.6 Å². The Morgan fingerprint density at radius 1 is 1.16 bits per heavy atom. The van der Waals surface area contributed by atoms with Crippen molar-refractivity contribution in [3.8, 4) is 5.75 Å². The second-order valence-electron chi connectivity index (χ2n) is 4.74. The Bertz CT molecular complexity index is 577. The molecule has 0 spiro atoms. The lowest BCUT2D eigenvalue weighted by atomic mass is 10.1. The minimum Gasteiger partial charge on any atom is -0.473 e. The Balaban J connectivity index is 1.83. The van der Waals surface area contributed by atoms with E-state index in [0.29, 0.717) is 6.73 Å². The molecule has 0 aromatic heterocycles. The number of allylic oxidation sites excluding steroid dienone is 1.